The molecule has 0 aliphatic heterocycles. The van der Waals surface area contributed by atoms with Crippen molar-refractivity contribution in [2.45, 2.75) is 6.92 Å². The Hall–Kier alpha value is -3.22. The van der Waals surface area contributed by atoms with Gasteiger partial charge in [-0.15, -0.1) is 0 Å². The Kier molecular flexibility index (Phi) is 5.14. The van der Waals surface area contributed by atoms with E-state index in [1.807, 2.05) is 43.3 Å². The van der Waals surface area contributed by atoms with Gasteiger partial charge in [-0.05, 0) is 19.1 Å². The Morgan fingerprint density at radius 3 is 2.71 bits per heavy atom. The van der Waals surface area contributed by atoms with E-state index >= 15 is 0 Å². The van der Waals surface area contributed by atoms with Crippen LogP contribution in [0.3, 0.4) is 0 Å². The molecule has 2 heterocycles. The second-order valence-corrected chi connectivity index (χ2v) is 5.02. The second kappa shape index (κ2) is 7.87. The van der Waals surface area contributed by atoms with E-state index < -0.39 is 0 Å². The van der Waals surface area contributed by atoms with E-state index in [-0.39, 0.29) is 0 Å². The van der Waals surface area contributed by atoms with Gasteiger partial charge < -0.3 is 15.4 Å². The monoisotopic (exact) mass is 322 g/mol. The fourth-order valence-electron chi connectivity index (χ4n) is 2.06. The summed E-state index contributed by atoms with van der Waals surface area (Å²) < 4.78 is 5.64. The molecule has 24 heavy (non-hydrogen) atoms. The van der Waals surface area contributed by atoms with Crippen molar-refractivity contribution in [2.24, 2.45) is 0 Å². The van der Waals surface area contributed by atoms with Gasteiger partial charge in [0.2, 0.25) is 5.95 Å². The number of aromatic nitrogens is 4. The van der Waals surface area contributed by atoms with Gasteiger partial charge in [0.25, 0.3) is 0 Å². The first-order valence-corrected chi connectivity index (χ1v) is 7.60. The quantitative estimate of drug-likeness (QED) is 0.647. The Bertz CT molecular complexity index is 767. The number of ether oxygens (including phenoxy) is 1. The molecule has 7 nitrogen and oxygen atoms in total. The number of benzene rings is 1. The lowest BCUT2D eigenvalue weighted by Gasteiger charge is -2.10. The minimum absolute atomic E-state index is 0.474. The van der Waals surface area contributed by atoms with Crippen LogP contribution in [0.25, 0.3) is 0 Å². The summed E-state index contributed by atoms with van der Waals surface area (Å²) in [4.78, 5) is 16.9. The van der Waals surface area contributed by atoms with Crippen molar-refractivity contribution in [1.29, 1.82) is 0 Å². The fourth-order valence-corrected chi connectivity index (χ4v) is 2.06. The van der Waals surface area contributed by atoms with Crippen molar-refractivity contribution < 1.29 is 4.74 Å². The van der Waals surface area contributed by atoms with E-state index in [0.29, 0.717) is 24.9 Å². The number of para-hydroxylation sites is 1. The molecule has 122 valence electrons. The molecule has 0 atom stereocenters. The van der Waals surface area contributed by atoms with E-state index in [9.17, 15) is 0 Å². The van der Waals surface area contributed by atoms with Crippen LogP contribution in [0.5, 0.6) is 5.75 Å². The van der Waals surface area contributed by atoms with Crippen LogP contribution >= 0.6 is 0 Å². The molecule has 3 aromatic rings. The third kappa shape index (κ3) is 4.64. The van der Waals surface area contributed by atoms with Gasteiger partial charge in [-0.1, -0.05) is 18.2 Å². The normalized spacial score (nSPS) is 10.2. The van der Waals surface area contributed by atoms with Gasteiger partial charge in [0.15, 0.2) is 5.82 Å². The highest BCUT2D eigenvalue weighted by molar-refractivity contribution is 5.50. The first-order chi connectivity index (χ1) is 11.8. The summed E-state index contributed by atoms with van der Waals surface area (Å²) in [7, 11) is 0. The predicted molar refractivity (Wildman–Crippen MR) is 92.5 cm³/mol. The molecule has 2 N–H and O–H groups in total. The Labute approximate surface area is 140 Å². The second-order valence-electron chi connectivity index (χ2n) is 5.02. The molecule has 0 fully saturated rings. The number of hydrogen-bond acceptors (Lipinski definition) is 7. The molecule has 0 radical (unpaired) electrons. The van der Waals surface area contributed by atoms with Gasteiger partial charge in [0, 0.05) is 24.2 Å². The maximum Gasteiger partial charge on any atom is 0.230 e. The zero-order valence-corrected chi connectivity index (χ0v) is 13.3. The van der Waals surface area contributed by atoms with E-state index in [0.717, 1.165) is 17.3 Å². The van der Waals surface area contributed by atoms with Crippen LogP contribution in [0.2, 0.25) is 0 Å². The maximum atomic E-state index is 5.64. The average molecular weight is 322 g/mol. The largest absolute Gasteiger partial charge is 0.492 e. The molecular formula is C17H18N6O. The maximum absolute atomic E-state index is 5.64. The summed E-state index contributed by atoms with van der Waals surface area (Å²) in [6.07, 6.45) is 4.84. The number of aryl methyl sites for hydroxylation is 1. The van der Waals surface area contributed by atoms with Crippen molar-refractivity contribution in [3.8, 4) is 5.75 Å². The van der Waals surface area contributed by atoms with E-state index in [1.54, 1.807) is 18.6 Å². The van der Waals surface area contributed by atoms with Crippen molar-refractivity contribution in [1.82, 2.24) is 19.9 Å². The molecule has 0 spiro atoms. The van der Waals surface area contributed by atoms with Crippen molar-refractivity contribution in [2.75, 3.05) is 23.8 Å². The minimum atomic E-state index is 0.474. The smallest absolute Gasteiger partial charge is 0.230 e. The molecule has 0 saturated carbocycles. The zero-order chi connectivity index (χ0) is 16.6. The molecule has 3 rings (SSSR count). The predicted octanol–water partition coefficient (Wildman–Crippen LogP) is 2.81. The SMILES string of the molecule is Cc1cc(NCCOc2ccccc2)nc(Nc2cnccn2)n1. The van der Waals surface area contributed by atoms with Gasteiger partial charge >= 0.3 is 0 Å². The molecular weight excluding hydrogens is 304 g/mol. The summed E-state index contributed by atoms with van der Waals surface area (Å²) in [5, 5.41) is 6.26. The summed E-state index contributed by atoms with van der Waals surface area (Å²) in [6.45, 7) is 3.09. The number of rotatable bonds is 7. The number of hydrogen-bond donors (Lipinski definition) is 2. The van der Waals surface area contributed by atoms with Gasteiger partial charge in [-0.2, -0.15) is 4.98 Å². The fraction of sp³-hybridized carbons (Fsp3) is 0.176. The minimum Gasteiger partial charge on any atom is -0.492 e. The number of nitrogens with one attached hydrogen (secondary N) is 2. The van der Waals surface area contributed by atoms with Crippen LogP contribution in [-0.4, -0.2) is 33.1 Å². The van der Waals surface area contributed by atoms with Crippen LogP contribution in [0.1, 0.15) is 5.69 Å². The van der Waals surface area contributed by atoms with Crippen LogP contribution in [0.4, 0.5) is 17.6 Å². The standard InChI is InChI=1S/C17H18N6O/c1-13-11-15(20-9-10-24-14-5-3-2-4-6-14)22-17(21-13)23-16-12-18-7-8-19-16/h2-8,11-12H,9-10H2,1H3,(H2,19,20,21,22,23). The molecule has 0 bridgehead atoms. The Balaban J connectivity index is 1.55. The molecule has 0 saturated heterocycles. The average Bonchev–Trinajstić information content (AvgIpc) is 2.60. The van der Waals surface area contributed by atoms with E-state index in [1.165, 1.54) is 0 Å². The Morgan fingerprint density at radius 2 is 1.92 bits per heavy atom. The molecule has 0 aliphatic carbocycles. The summed E-state index contributed by atoms with van der Waals surface area (Å²) >= 11 is 0. The molecule has 1 aromatic carbocycles. The molecule has 2 aromatic heterocycles. The lowest BCUT2D eigenvalue weighted by Crippen LogP contribution is -2.13. The highest BCUT2D eigenvalue weighted by Gasteiger charge is 2.03. The molecule has 0 unspecified atom stereocenters. The number of nitrogens with zero attached hydrogens (tertiary/aromatic N) is 4. The van der Waals surface area contributed by atoms with Crippen LogP contribution in [-0.2, 0) is 0 Å². The lowest BCUT2D eigenvalue weighted by molar-refractivity contribution is 0.333. The van der Waals surface area contributed by atoms with E-state index in [2.05, 4.69) is 30.6 Å². The van der Waals surface area contributed by atoms with Crippen LogP contribution < -0.4 is 15.4 Å². The summed E-state index contributed by atoms with van der Waals surface area (Å²) in [5.74, 6) is 2.65. The summed E-state index contributed by atoms with van der Waals surface area (Å²) in [6, 6.07) is 11.6. The highest BCUT2D eigenvalue weighted by atomic mass is 16.5. The van der Waals surface area contributed by atoms with Crippen molar-refractivity contribution in [3.05, 3.63) is 60.7 Å². The first-order valence-electron chi connectivity index (χ1n) is 7.60. The zero-order valence-electron chi connectivity index (χ0n) is 13.3. The van der Waals surface area contributed by atoms with Gasteiger partial charge in [-0.25, -0.2) is 9.97 Å². The third-order valence-corrected chi connectivity index (χ3v) is 3.08. The van der Waals surface area contributed by atoms with Gasteiger partial charge in [-0.3, -0.25) is 4.98 Å². The Morgan fingerprint density at radius 1 is 1.04 bits per heavy atom. The highest BCUT2D eigenvalue weighted by Crippen LogP contribution is 2.13. The first kappa shape index (κ1) is 15.7. The summed E-state index contributed by atoms with van der Waals surface area (Å²) in [5.41, 5.74) is 0.850. The van der Waals surface area contributed by atoms with Crippen LogP contribution in [0.15, 0.2) is 55.0 Å². The lowest BCUT2D eigenvalue weighted by atomic mass is 10.3. The van der Waals surface area contributed by atoms with Gasteiger partial charge in [0.1, 0.15) is 18.2 Å². The molecule has 0 aliphatic rings. The van der Waals surface area contributed by atoms with Crippen molar-refractivity contribution in [3.63, 3.8) is 0 Å². The van der Waals surface area contributed by atoms with E-state index in [4.69, 9.17) is 4.74 Å². The molecule has 7 heteroatoms. The third-order valence-electron chi connectivity index (χ3n) is 3.08. The van der Waals surface area contributed by atoms with Crippen LogP contribution in [0, 0.1) is 6.92 Å². The molecule has 0 amide bonds. The number of anilines is 3. The van der Waals surface area contributed by atoms with Gasteiger partial charge in [0.05, 0.1) is 12.7 Å². The topological polar surface area (TPSA) is 84.9 Å². The van der Waals surface area contributed by atoms with Crippen molar-refractivity contribution >= 4 is 17.6 Å².